The average molecular weight is 428 g/mol. The Morgan fingerprint density at radius 3 is 1.89 bits per heavy atom. The molecule has 0 aromatic heterocycles. The maximum absolute atomic E-state index is 13.0. The molecule has 1 fully saturated rings. The predicted molar refractivity (Wildman–Crippen MR) is 95.5 cm³/mol. The van der Waals surface area contributed by atoms with Crippen molar-refractivity contribution in [2.75, 3.05) is 19.3 Å². The molecule has 0 bridgehead atoms. The van der Waals surface area contributed by atoms with Crippen LogP contribution in [0.2, 0.25) is 0 Å². The maximum Gasteiger partial charge on any atom is 0.416 e. The highest BCUT2D eigenvalue weighted by Crippen LogP contribution is 2.38. The van der Waals surface area contributed by atoms with E-state index in [4.69, 9.17) is 0 Å². The lowest BCUT2D eigenvalue weighted by Gasteiger charge is -2.38. The van der Waals surface area contributed by atoms with Gasteiger partial charge in [0, 0.05) is 19.3 Å². The molecule has 0 saturated carbocycles. The van der Waals surface area contributed by atoms with Crippen LogP contribution in [0.1, 0.15) is 39.2 Å². The van der Waals surface area contributed by atoms with Crippen molar-refractivity contribution in [1.29, 1.82) is 0 Å². The van der Waals surface area contributed by atoms with Gasteiger partial charge in [-0.25, -0.2) is 16.8 Å². The lowest BCUT2D eigenvalue weighted by Crippen LogP contribution is -2.41. The van der Waals surface area contributed by atoms with Crippen molar-refractivity contribution in [3.63, 3.8) is 0 Å². The number of rotatable bonds is 3. The molecule has 154 valence electrons. The zero-order chi connectivity index (χ0) is 20.8. The Morgan fingerprint density at radius 1 is 0.963 bits per heavy atom. The Bertz CT molecular complexity index is 908. The van der Waals surface area contributed by atoms with Gasteiger partial charge in [0.15, 0.2) is 9.84 Å². The summed E-state index contributed by atoms with van der Waals surface area (Å²) in [5, 5.41) is 0. The summed E-state index contributed by atoms with van der Waals surface area (Å²) < 4.78 is 89.9. The molecule has 0 atom stereocenters. The van der Waals surface area contributed by atoms with Crippen LogP contribution in [0.5, 0.6) is 0 Å². The Labute approximate surface area is 158 Å². The van der Waals surface area contributed by atoms with Gasteiger partial charge in [-0.3, -0.25) is 0 Å². The monoisotopic (exact) mass is 427 g/mol. The van der Waals surface area contributed by atoms with E-state index >= 15 is 0 Å². The molecule has 0 N–H and O–H groups in total. The summed E-state index contributed by atoms with van der Waals surface area (Å²) in [5.74, 6) is 0.311. The Hall–Kier alpha value is -1.13. The summed E-state index contributed by atoms with van der Waals surface area (Å²) in [6.07, 6.45) is -2.85. The minimum absolute atomic E-state index is 0.0160. The summed E-state index contributed by atoms with van der Waals surface area (Å²) in [6.45, 7) is 6.61. The zero-order valence-corrected chi connectivity index (χ0v) is 17.3. The van der Waals surface area contributed by atoms with Crippen LogP contribution >= 0.6 is 0 Å². The summed E-state index contributed by atoms with van der Waals surface area (Å²) in [7, 11) is -8.40. The molecule has 1 aliphatic rings. The van der Waals surface area contributed by atoms with Crippen molar-refractivity contribution in [2.24, 2.45) is 11.3 Å². The fourth-order valence-corrected chi connectivity index (χ4v) is 6.36. The van der Waals surface area contributed by atoms with E-state index in [9.17, 15) is 30.0 Å². The summed E-state index contributed by atoms with van der Waals surface area (Å²) in [4.78, 5) is -1.43. The Morgan fingerprint density at radius 2 is 1.48 bits per heavy atom. The molecule has 27 heavy (non-hydrogen) atoms. The lowest BCUT2D eigenvalue weighted by molar-refractivity contribution is -0.137. The van der Waals surface area contributed by atoms with Crippen molar-refractivity contribution in [2.45, 2.75) is 49.6 Å². The third-order valence-electron chi connectivity index (χ3n) is 4.97. The van der Waals surface area contributed by atoms with Gasteiger partial charge in [-0.2, -0.15) is 17.5 Å². The van der Waals surface area contributed by atoms with E-state index in [0.29, 0.717) is 37.1 Å². The van der Waals surface area contributed by atoms with Gasteiger partial charge in [0.25, 0.3) is 0 Å². The first-order valence-corrected chi connectivity index (χ1v) is 11.8. The number of sulfone groups is 1. The minimum Gasteiger partial charge on any atom is -0.224 e. The molecule has 10 heteroatoms. The number of nitrogens with zero attached hydrogens (tertiary/aromatic N) is 1. The van der Waals surface area contributed by atoms with Gasteiger partial charge in [0.05, 0.1) is 10.5 Å². The maximum atomic E-state index is 13.0. The molecule has 0 aliphatic carbocycles. The number of halogens is 3. The number of benzene rings is 1. The molecule has 1 aliphatic heterocycles. The number of hydrogen-bond acceptors (Lipinski definition) is 4. The SMILES string of the molecule is CC(C)(C)C1CCN(S(=O)(=O)c2ccc(C(F)(F)F)cc2S(C)(=O)=O)CC1. The average Bonchev–Trinajstić information content (AvgIpc) is 2.52. The molecule has 0 unspecified atom stereocenters. The number of hydrogen-bond donors (Lipinski definition) is 0. The molecule has 5 nitrogen and oxygen atoms in total. The topological polar surface area (TPSA) is 71.5 Å². The molecular weight excluding hydrogens is 403 g/mol. The second-order valence-corrected chi connectivity index (χ2v) is 11.9. The first-order valence-electron chi connectivity index (χ1n) is 8.46. The molecule has 1 aromatic carbocycles. The number of alkyl halides is 3. The molecule has 0 spiro atoms. The molecule has 1 saturated heterocycles. The van der Waals surface area contributed by atoms with E-state index in [1.165, 1.54) is 0 Å². The summed E-state index contributed by atoms with van der Waals surface area (Å²) in [5.41, 5.74) is -1.18. The second-order valence-electron chi connectivity index (χ2n) is 7.98. The fourth-order valence-electron chi connectivity index (χ4n) is 3.29. The minimum atomic E-state index is -4.77. The molecular formula is C17H24F3NO4S2. The standard InChI is InChI=1S/C17H24F3NO4S2/c1-16(2,3)12-7-9-21(10-8-12)27(24,25)14-6-5-13(17(18,19)20)11-15(14)26(4,22)23/h5-6,11-12H,7-10H2,1-4H3. The summed E-state index contributed by atoms with van der Waals surface area (Å²) >= 11 is 0. The van der Waals surface area contributed by atoms with Crippen molar-refractivity contribution >= 4 is 19.9 Å². The quantitative estimate of drug-likeness (QED) is 0.740. The van der Waals surface area contributed by atoms with E-state index in [1.54, 1.807) is 0 Å². The molecule has 1 aromatic rings. The van der Waals surface area contributed by atoms with Crippen LogP contribution in [0.25, 0.3) is 0 Å². The largest absolute Gasteiger partial charge is 0.416 e. The smallest absolute Gasteiger partial charge is 0.224 e. The van der Waals surface area contributed by atoms with Crippen LogP contribution in [0.15, 0.2) is 28.0 Å². The number of piperidine rings is 1. The van der Waals surface area contributed by atoms with E-state index < -0.39 is 41.4 Å². The second kappa shape index (κ2) is 7.04. The van der Waals surface area contributed by atoms with E-state index in [0.717, 1.165) is 10.4 Å². The van der Waals surface area contributed by atoms with E-state index in [-0.39, 0.29) is 18.5 Å². The molecule has 0 radical (unpaired) electrons. The van der Waals surface area contributed by atoms with Crippen molar-refractivity contribution in [3.05, 3.63) is 23.8 Å². The van der Waals surface area contributed by atoms with Crippen LogP contribution < -0.4 is 0 Å². The van der Waals surface area contributed by atoms with Gasteiger partial charge in [-0.1, -0.05) is 20.8 Å². The zero-order valence-electron chi connectivity index (χ0n) is 15.7. The van der Waals surface area contributed by atoms with Gasteiger partial charge in [0.1, 0.15) is 4.90 Å². The molecule has 2 rings (SSSR count). The van der Waals surface area contributed by atoms with Crippen LogP contribution in [-0.2, 0) is 26.0 Å². The number of sulfonamides is 1. The summed E-state index contributed by atoms with van der Waals surface area (Å²) in [6, 6.07) is 1.73. The van der Waals surface area contributed by atoms with Crippen LogP contribution in [0, 0.1) is 11.3 Å². The van der Waals surface area contributed by atoms with E-state index in [1.807, 2.05) is 0 Å². The Balaban J connectivity index is 2.45. The highest BCUT2D eigenvalue weighted by molar-refractivity contribution is 7.93. The van der Waals surface area contributed by atoms with Crippen molar-refractivity contribution < 1.29 is 30.0 Å². The first-order chi connectivity index (χ1) is 12.0. The van der Waals surface area contributed by atoms with Gasteiger partial charge >= 0.3 is 6.18 Å². The van der Waals surface area contributed by atoms with Crippen molar-refractivity contribution in [1.82, 2.24) is 4.31 Å². The highest BCUT2D eigenvalue weighted by Gasteiger charge is 2.38. The highest BCUT2D eigenvalue weighted by atomic mass is 32.2. The van der Waals surface area contributed by atoms with Crippen LogP contribution in [0.3, 0.4) is 0 Å². The van der Waals surface area contributed by atoms with E-state index in [2.05, 4.69) is 20.8 Å². The van der Waals surface area contributed by atoms with Gasteiger partial charge in [0.2, 0.25) is 10.0 Å². The van der Waals surface area contributed by atoms with Gasteiger partial charge in [-0.15, -0.1) is 0 Å². The van der Waals surface area contributed by atoms with Crippen LogP contribution in [-0.4, -0.2) is 40.5 Å². The normalized spacial score (nSPS) is 18.6. The van der Waals surface area contributed by atoms with Crippen molar-refractivity contribution in [3.8, 4) is 0 Å². The lowest BCUT2D eigenvalue weighted by atomic mass is 9.76. The fraction of sp³-hybridized carbons (Fsp3) is 0.647. The third-order valence-corrected chi connectivity index (χ3v) is 8.19. The first kappa shape index (κ1) is 22.2. The predicted octanol–water partition coefficient (Wildman–Crippen LogP) is 3.56. The van der Waals surface area contributed by atoms with Crippen LogP contribution in [0.4, 0.5) is 13.2 Å². The third kappa shape index (κ3) is 4.83. The Kier molecular flexibility index (Phi) is 5.78. The molecule has 0 amide bonds. The van der Waals surface area contributed by atoms with Gasteiger partial charge in [-0.05, 0) is 42.4 Å². The van der Waals surface area contributed by atoms with Gasteiger partial charge < -0.3 is 0 Å². The molecule has 1 heterocycles.